The van der Waals surface area contributed by atoms with Gasteiger partial charge in [-0.05, 0) is 5.92 Å². The molecule has 11 heteroatoms. The largest absolute Gasteiger partial charge is 0.481 e. The Morgan fingerprint density at radius 3 is 2.23 bits per heavy atom. The highest BCUT2D eigenvalue weighted by Gasteiger charge is 2.30. The van der Waals surface area contributed by atoms with Crippen molar-refractivity contribution in [3.63, 3.8) is 0 Å². The fourth-order valence-electron chi connectivity index (χ4n) is 2.04. The number of aliphatic carboxylic acids is 2. The van der Waals surface area contributed by atoms with Crippen molar-refractivity contribution in [2.24, 2.45) is 11.7 Å². The van der Waals surface area contributed by atoms with Crippen molar-refractivity contribution in [2.75, 3.05) is 0 Å². The molecule has 1 rings (SSSR count). The Labute approximate surface area is 149 Å². The Hall–Kier alpha value is -2.95. The first-order valence-corrected chi connectivity index (χ1v) is 7.90. The van der Waals surface area contributed by atoms with E-state index in [4.69, 9.17) is 15.9 Å². The lowest BCUT2D eigenvalue weighted by Crippen LogP contribution is -2.56. The summed E-state index contributed by atoms with van der Waals surface area (Å²) in [6, 6.07) is -3.63. The van der Waals surface area contributed by atoms with E-state index in [9.17, 15) is 19.2 Å². The van der Waals surface area contributed by atoms with E-state index in [0.717, 1.165) is 0 Å². The summed E-state index contributed by atoms with van der Waals surface area (Å²) in [4.78, 5) is 53.1. The van der Waals surface area contributed by atoms with Gasteiger partial charge < -0.3 is 31.6 Å². The molecule has 0 radical (unpaired) electrons. The monoisotopic (exact) mass is 369 g/mol. The van der Waals surface area contributed by atoms with E-state index in [2.05, 4.69) is 20.6 Å². The molecule has 1 aromatic rings. The van der Waals surface area contributed by atoms with E-state index < -0.39 is 48.3 Å². The summed E-state index contributed by atoms with van der Waals surface area (Å²) < 4.78 is 0. The van der Waals surface area contributed by atoms with Crippen LogP contribution in [0.15, 0.2) is 12.5 Å². The van der Waals surface area contributed by atoms with Crippen molar-refractivity contribution in [2.45, 2.75) is 44.8 Å². The number of amides is 2. The number of aromatic amines is 1. The van der Waals surface area contributed by atoms with E-state index >= 15 is 0 Å². The van der Waals surface area contributed by atoms with Crippen LogP contribution >= 0.6 is 0 Å². The maximum Gasteiger partial charge on any atom is 0.326 e. The number of imidazole rings is 1. The van der Waals surface area contributed by atoms with Crippen molar-refractivity contribution in [3.8, 4) is 0 Å². The van der Waals surface area contributed by atoms with Gasteiger partial charge in [-0.3, -0.25) is 14.4 Å². The summed E-state index contributed by atoms with van der Waals surface area (Å²) in [6.07, 6.45) is 2.04. The van der Waals surface area contributed by atoms with E-state index in [1.807, 2.05) is 0 Å². The van der Waals surface area contributed by atoms with Crippen molar-refractivity contribution < 1.29 is 29.4 Å². The number of H-pyrrole nitrogens is 1. The number of nitrogens with two attached hydrogens (primary N) is 1. The number of nitrogens with zero attached hydrogens (tertiary/aromatic N) is 1. The smallest absolute Gasteiger partial charge is 0.326 e. The topological polar surface area (TPSA) is 187 Å². The molecule has 7 N–H and O–H groups in total. The number of hydrogen-bond donors (Lipinski definition) is 6. The van der Waals surface area contributed by atoms with Crippen LogP contribution in [0, 0.1) is 5.92 Å². The first-order valence-electron chi connectivity index (χ1n) is 7.90. The molecule has 0 bridgehead atoms. The van der Waals surface area contributed by atoms with Gasteiger partial charge in [-0.25, -0.2) is 9.78 Å². The second-order valence-corrected chi connectivity index (χ2v) is 6.11. The molecule has 0 aliphatic carbocycles. The van der Waals surface area contributed by atoms with Crippen LogP contribution in [0.2, 0.25) is 0 Å². The molecule has 0 saturated heterocycles. The van der Waals surface area contributed by atoms with Gasteiger partial charge in [0.15, 0.2) is 0 Å². The Bertz CT molecular complexity index is 645. The normalized spacial score (nSPS) is 14.3. The predicted octanol–water partition coefficient (Wildman–Crippen LogP) is -1.54. The molecular weight excluding hydrogens is 346 g/mol. The number of rotatable bonds is 10. The number of carboxylic acid groups (broad SMARTS) is 2. The molecule has 1 aromatic heterocycles. The number of carboxylic acids is 2. The fourth-order valence-corrected chi connectivity index (χ4v) is 2.04. The molecule has 1 heterocycles. The molecule has 0 fully saturated rings. The van der Waals surface area contributed by atoms with Gasteiger partial charge >= 0.3 is 11.9 Å². The standard InChI is InChI=1S/C15H23N5O6/c1-7(2)12(16)14(24)19-9(3-8-5-17-6-18-8)13(23)20-10(15(25)26)4-11(21)22/h5-7,9-10,12H,3-4,16H2,1-2H3,(H,17,18)(H,19,24)(H,20,23)(H,21,22)(H,25,26). The van der Waals surface area contributed by atoms with Crippen molar-refractivity contribution in [1.82, 2.24) is 20.6 Å². The van der Waals surface area contributed by atoms with Crippen LogP contribution in [0.25, 0.3) is 0 Å². The highest BCUT2D eigenvalue weighted by molar-refractivity contribution is 5.92. The zero-order valence-corrected chi connectivity index (χ0v) is 14.4. The molecule has 0 aromatic carbocycles. The van der Waals surface area contributed by atoms with E-state index in [1.54, 1.807) is 13.8 Å². The average Bonchev–Trinajstić information content (AvgIpc) is 3.04. The SMILES string of the molecule is CC(C)C(N)C(=O)NC(Cc1cnc[nH]1)C(=O)NC(CC(=O)O)C(=O)O. The second kappa shape index (κ2) is 9.51. The fraction of sp³-hybridized carbons (Fsp3) is 0.533. The Morgan fingerprint density at radius 1 is 1.15 bits per heavy atom. The van der Waals surface area contributed by atoms with Crippen molar-refractivity contribution >= 4 is 23.8 Å². The summed E-state index contributed by atoms with van der Waals surface area (Å²) in [5.74, 6) is -4.47. The van der Waals surface area contributed by atoms with Crippen molar-refractivity contribution in [3.05, 3.63) is 18.2 Å². The maximum absolute atomic E-state index is 12.4. The zero-order valence-electron chi connectivity index (χ0n) is 14.4. The molecular formula is C15H23N5O6. The second-order valence-electron chi connectivity index (χ2n) is 6.11. The van der Waals surface area contributed by atoms with Gasteiger partial charge in [0.05, 0.1) is 18.8 Å². The summed E-state index contributed by atoms with van der Waals surface area (Å²) in [5.41, 5.74) is 6.28. The van der Waals surface area contributed by atoms with Crippen LogP contribution in [0.4, 0.5) is 0 Å². The molecule has 144 valence electrons. The quantitative estimate of drug-likeness (QED) is 0.286. The lowest BCUT2D eigenvalue weighted by molar-refractivity contribution is -0.147. The zero-order chi connectivity index (χ0) is 19.9. The van der Waals surface area contributed by atoms with Crippen LogP contribution in [0.3, 0.4) is 0 Å². The molecule has 3 atom stereocenters. The third-order valence-electron chi connectivity index (χ3n) is 3.63. The van der Waals surface area contributed by atoms with Gasteiger partial charge in [0.1, 0.15) is 12.1 Å². The first-order chi connectivity index (χ1) is 12.1. The predicted molar refractivity (Wildman–Crippen MR) is 88.9 cm³/mol. The molecule has 3 unspecified atom stereocenters. The minimum absolute atomic E-state index is 0.00178. The van der Waals surface area contributed by atoms with Gasteiger partial charge in [-0.1, -0.05) is 13.8 Å². The highest BCUT2D eigenvalue weighted by Crippen LogP contribution is 2.04. The van der Waals surface area contributed by atoms with Crippen molar-refractivity contribution in [1.29, 1.82) is 0 Å². The maximum atomic E-state index is 12.4. The Morgan fingerprint density at radius 2 is 1.77 bits per heavy atom. The minimum atomic E-state index is -1.63. The lowest BCUT2D eigenvalue weighted by Gasteiger charge is -2.23. The number of carbonyl (C=O) groups is 4. The van der Waals surface area contributed by atoms with Crippen LogP contribution in [-0.2, 0) is 25.6 Å². The number of aromatic nitrogens is 2. The summed E-state index contributed by atoms with van der Waals surface area (Å²) in [6.45, 7) is 3.48. The average molecular weight is 369 g/mol. The van der Waals surface area contributed by atoms with E-state index in [-0.39, 0.29) is 12.3 Å². The summed E-state index contributed by atoms with van der Waals surface area (Å²) in [7, 11) is 0. The van der Waals surface area contributed by atoms with Crippen LogP contribution in [0.1, 0.15) is 26.0 Å². The third-order valence-corrected chi connectivity index (χ3v) is 3.63. The highest BCUT2D eigenvalue weighted by atomic mass is 16.4. The van der Waals surface area contributed by atoms with E-state index in [0.29, 0.717) is 5.69 Å². The van der Waals surface area contributed by atoms with Gasteiger partial charge in [-0.2, -0.15) is 0 Å². The molecule has 2 amide bonds. The number of hydrogen-bond acceptors (Lipinski definition) is 6. The first kappa shape index (κ1) is 21.1. The number of nitrogens with one attached hydrogen (secondary N) is 3. The third kappa shape index (κ3) is 6.51. The van der Waals surface area contributed by atoms with Gasteiger partial charge in [0.25, 0.3) is 0 Å². The molecule has 0 aliphatic rings. The van der Waals surface area contributed by atoms with E-state index in [1.165, 1.54) is 12.5 Å². The molecule has 0 saturated carbocycles. The van der Waals surface area contributed by atoms with Crippen LogP contribution in [0.5, 0.6) is 0 Å². The van der Waals surface area contributed by atoms with Gasteiger partial charge in [-0.15, -0.1) is 0 Å². The summed E-state index contributed by atoms with van der Waals surface area (Å²) in [5, 5.41) is 22.4. The lowest BCUT2D eigenvalue weighted by atomic mass is 10.0. The molecule has 26 heavy (non-hydrogen) atoms. The van der Waals surface area contributed by atoms with Crippen LogP contribution in [-0.4, -0.2) is 62.1 Å². The minimum Gasteiger partial charge on any atom is -0.481 e. The Balaban J connectivity index is 2.91. The molecule has 0 spiro atoms. The molecule has 11 nitrogen and oxygen atoms in total. The number of carbonyl (C=O) groups excluding carboxylic acids is 2. The summed E-state index contributed by atoms with van der Waals surface area (Å²) >= 11 is 0. The molecule has 0 aliphatic heterocycles. The Kier molecular flexibility index (Phi) is 7.72. The van der Waals surface area contributed by atoms with Crippen LogP contribution < -0.4 is 16.4 Å². The van der Waals surface area contributed by atoms with Gasteiger partial charge in [0.2, 0.25) is 11.8 Å². The van der Waals surface area contributed by atoms with Gasteiger partial charge in [0, 0.05) is 18.3 Å².